The molecule has 2 saturated carbocycles. The fourth-order valence-corrected chi connectivity index (χ4v) is 5.15. The number of rotatable bonds is 2. The van der Waals surface area contributed by atoms with Crippen LogP contribution in [0.1, 0.15) is 39.5 Å². The van der Waals surface area contributed by atoms with Gasteiger partial charge in [0.2, 0.25) is 0 Å². The van der Waals surface area contributed by atoms with Gasteiger partial charge in [0, 0.05) is 5.57 Å². The summed E-state index contributed by atoms with van der Waals surface area (Å²) in [4.78, 5) is 22.9. The van der Waals surface area contributed by atoms with Crippen LogP contribution >= 0.6 is 0 Å². The molecule has 0 aliphatic heterocycles. The summed E-state index contributed by atoms with van der Waals surface area (Å²) in [5.41, 5.74) is -0.259. The number of carbonyl (C=O) groups is 2. The molecule has 0 saturated heterocycles. The first-order chi connectivity index (χ1) is 8.81. The van der Waals surface area contributed by atoms with Gasteiger partial charge < -0.3 is 10.2 Å². The molecule has 3 aliphatic carbocycles. The lowest BCUT2D eigenvalue weighted by molar-refractivity contribution is -0.148. The predicted octanol–water partition coefficient (Wildman–Crippen LogP) is 2.54. The summed E-state index contributed by atoms with van der Waals surface area (Å²) >= 11 is 0. The molecule has 0 amide bonds. The number of hydrogen-bond donors (Lipinski definition) is 2. The minimum absolute atomic E-state index is 0.0613. The molecule has 5 atom stereocenters. The zero-order valence-electron chi connectivity index (χ0n) is 11.3. The molecule has 0 aromatic rings. The summed E-state index contributed by atoms with van der Waals surface area (Å²) in [7, 11) is 0. The van der Waals surface area contributed by atoms with Crippen LogP contribution in [-0.4, -0.2) is 22.2 Å². The van der Waals surface area contributed by atoms with E-state index in [1.165, 1.54) is 0 Å². The first-order valence-corrected chi connectivity index (χ1v) is 6.99. The van der Waals surface area contributed by atoms with Crippen LogP contribution in [0.3, 0.4) is 0 Å². The third-order valence-electron chi connectivity index (χ3n) is 6.03. The summed E-state index contributed by atoms with van der Waals surface area (Å²) < 4.78 is 0. The van der Waals surface area contributed by atoms with Crippen molar-refractivity contribution in [2.45, 2.75) is 39.5 Å². The zero-order chi connectivity index (χ0) is 14.0. The molecule has 3 aliphatic rings. The number of allylic oxidation sites excluding steroid dienone is 1. The van der Waals surface area contributed by atoms with E-state index in [0.717, 1.165) is 12.8 Å². The maximum Gasteiger partial charge on any atom is 0.331 e. The molecule has 104 valence electrons. The van der Waals surface area contributed by atoms with E-state index in [1.807, 2.05) is 13.0 Å². The lowest BCUT2D eigenvalue weighted by Crippen LogP contribution is -2.34. The van der Waals surface area contributed by atoms with Crippen molar-refractivity contribution in [2.24, 2.45) is 28.6 Å². The van der Waals surface area contributed by atoms with Gasteiger partial charge in [-0.1, -0.05) is 13.0 Å². The Balaban J connectivity index is 2.05. The third kappa shape index (κ3) is 1.40. The molecule has 3 rings (SSSR count). The molecular weight excluding hydrogens is 244 g/mol. The molecular formula is C15H20O4. The van der Waals surface area contributed by atoms with Crippen LogP contribution in [-0.2, 0) is 9.59 Å². The van der Waals surface area contributed by atoms with Crippen molar-refractivity contribution in [1.82, 2.24) is 0 Å². The Kier molecular flexibility index (Phi) is 2.42. The van der Waals surface area contributed by atoms with Gasteiger partial charge in [0.25, 0.3) is 0 Å². The van der Waals surface area contributed by atoms with Crippen molar-refractivity contribution in [1.29, 1.82) is 0 Å². The second-order valence-corrected chi connectivity index (χ2v) is 6.92. The average Bonchev–Trinajstić information content (AvgIpc) is 2.86. The van der Waals surface area contributed by atoms with Crippen LogP contribution in [0, 0.1) is 28.6 Å². The summed E-state index contributed by atoms with van der Waals surface area (Å²) in [5.74, 6) is -0.950. The van der Waals surface area contributed by atoms with Crippen molar-refractivity contribution >= 4 is 11.9 Å². The van der Waals surface area contributed by atoms with Crippen molar-refractivity contribution in [3.63, 3.8) is 0 Å². The second kappa shape index (κ2) is 3.62. The van der Waals surface area contributed by atoms with Crippen LogP contribution in [0.15, 0.2) is 11.6 Å². The normalized spacial score (nSPS) is 47.7. The molecule has 0 unspecified atom stereocenters. The Hall–Kier alpha value is -1.32. The summed E-state index contributed by atoms with van der Waals surface area (Å²) in [6.07, 6.45) is 4.99. The first kappa shape index (κ1) is 12.7. The summed E-state index contributed by atoms with van der Waals surface area (Å²) in [5, 5.41) is 18.8. The first-order valence-electron chi connectivity index (χ1n) is 6.99. The fraction of sp³-hybridized carbons (Fsp3) is 0.733. The van der Waals surface area contributed by atoms with Crippen LogP contribution in [0.2, 0.25) is 0 Å². The summed E-state index contributed by atoms with van der Waals surface area (Å²) in [6, 6.07) is 0. The number of hydrogen-bond acceptors (Lipinski definition) is 2. The zero-order valence-corrected chi connectivity index (χ0v) is 11.3. The molecule has 2 fully saturated rings. The van der Waals surface area contributed by atoms with Gasteiger partial charge in [-0.05, 0) is 55.8 Å². The van der Waals surface area contributed by atoms with Gasteiger partial charge in [0.05, 0.1) is 5.41 Å². The molecule has 0 heterocycles. The topological polar surface area (TPSA) is 74.6 Å². The van der Waals surface area contributed by atoms with Crippen LogP contribution in [0.4, 0.5) is 0 Å². The number of carboxylic acids is 2. The molecule has 0 aromatic heterocycles. The van der Waals surface area contributed by atoms with E-state index in [4.69, 9.17) is 0 Å². The van der Waals surface area contributed by atoms with Crippen molar-refractivity contribution in [2.75, 3.05) is 0 Å². The van der Waals surface area contributed by atoms with Gasteiger partial charge in [-0.2, -0.15) is 0 Å². The number of aliphatic carboxylic acids is 2. The molecule has 1 spiro atoms. The maximum atomic E-state index is 11.5. The SMILES string of the molecule is C[C@@H]1CC[C@H]2C(C(=O)O)=C[C@@H]3C[C@@](C)(C(=O)O)C[C@@]132. The van der Waals surface area contributed by atoms with E-state index in [9.17, 15) is 19.8 Å². The third-order valence-corrected chi connectivity index (χ3v) is 6.03. The van der Waals surface area contributed by atoms with E-state index >= 15 is 0 Å². The highest BCUT2D eigenvalue weighted by Gasteiger charge is 2.66. The average molecular weight is 264 g/mol. The van der Waals surface area contributed by atoms with Crippen molar-refractivity contribution < 1.29 is 19.8 Å². The van der Waals surface area contributed by atoms with Gasteiger partial charge >= 0.3 is 11.9 Å². The molecule has 2 N–H and O–H groups in total. The molecule has 4 nitrogen and oxygen atoms in total. The standard InChI is InChI=1S/C15H20O4/c1-8-3-4-11-10(12(16)17)5-9-6-14(2,13(18)19)7-15(8,9)11/h5,8-9,11H,3-4,6-7H2,1-2H3,(H,16,17)(H,18,19)/t8-,9-,11+,14-,15-/m1/s1. The largest absolute Gasteiger partial charge is 0.481 e. The van der Waals surface area contributed by atoms with E-state index < -0.39 is 17.4 Å². The second-order valence-electron chi connectivity index (χ2n) is 6.92. The van der Waals surface area contributed by atoms with Gasteiger partial charge in [0.15, 0.2) is 0 Å². The molecule has 0 aromatic carbocycles. The van der Waals surface area contributed by atoms with Crippen molar-refractivity contribution in [3.05, 3.63) is 11.6 Å². The minimum atomic E-state index is -0.815. The van der Waals surface area contributed by atoms with E-state index in [1.54, 1.807) is 0 Å². The highest BCUT2D eigenvalue weighted by atomic mass is 16.4. The van der Waals surface area contributed by atoms with E-state index in [0.29, 0.717) is 24.3 Å². The molecule has 0 bridgehead atoms. The van der Waals surface area contributed by atoms with Gasteiger partial charge in [-0.3, -0.25) is 4.79 Å². The quantitative estimate of drug-likeness (QED) is 0.803. The highest BCUT2D eigenvalue weighted by Crippen LogP contribution is 2.70. The van der Waals surface area contributed by atoms with Crippen LogP contribution < -0.4 is 0 Å². The van der Waals surface area contributed by atoms with Gasteiger partial charge in [0.1, 0.15) is 0 Å². The Morgan fingerprint density at radius 2 is 2.00 bits per heavy atom. The maximum absolute atomic E-state index is 11.5. The highest BCUT2D eigenvalue weighted by molar-refractivity contribution is 5.89. The smallest absolute Gasteiger partial charge is 0.331 e. The Labute approximate surface area is 112 Å². The monoisotopic (exact) mass is 264 g/mol. The Morgan fingerprint density at radius 1 is 1.32 bits per heavy atom. The van der Waals surface area contributed by atoms with Gasteiger partial charge in [-0.15, -0.1) is 0 Å². The minimum Gasteiger partial charge on any atom is -0.481 e. The van der Waals surface area contributed by atoms with E-state index in [2.05, 4.69) is 6.92 Å². The Bertz CT molecular complexity index is 494. The molecule has 19 heavy (non-hydrogen) atoms. The number of carboxylic acid groups (broad SMARTS) is 2. The molecule has 0 radical (unpaired) electrons. The predicted molar refractivity (Wildman–Crippen MR) is 68.5 cm³/mol. The lowest BCUT2D eigenvalue weighted by atomic mass is 9.67. The fourth-order valence-electron chi connectivity index (χ4n) is 5.15. The van der Waals surface area contributed by atoms with Gasteiger partial charge in [-0.25, -0.2) is 4.79 Å². The van der Waals surface area contributed by atoms with E-state index in [-0.39, 0.29) is 17.3 Å². The van der Waals surface area contributed by atoms with Crippen molar-refractivity contribution in [3.8, 4) is 0 Å². The lowest BCUT2D eigenvalue weighted by Gasteiger charge is -2.36. The molecule has 4 heteroatoms. The van der Waals surface area contributed by atoms with Crippen LogP contribution in [0.25, 0.3) is 0 Å². The van der Waals surface area contributed by atoms with Crippen LogP contribution in [0.5, 0.6) is 0 Å². The summed E-state index contributed by atoms with van der Waals surface area (Å²) in [6.45, 7) is 3.98. The Morgan fingerprint density at radius 3 is 2.58 bits per heavy atom.